The summed E-state index contributed by atoms with van der Waals surface area (Å²) in [5.74, 6) is 0.161. The van der Waals surface area contributed by atoms with Gasteiger partial charge < -0.3 is 10.6 Å². The Balaban J connectivity index is 0.00000196. The number of carbonyl (C=O) groups excluding carboxylic acids is 1. The number of carbonyl (C=O) groups is 1. The van der Waals surface area contributed by atoms with Crippen molar-refractivity contribution in [2.45, 2.75) is 51.5 Å². The highest BCUT2D eigenvalue weighted by molar-refractivity contribution is 5.85. The number of halogens is 1. The van der Waals surface area contributed by atoms with Gasteiger partial charge in [-0.05, 0) is 19.3 Å². The first-order valence-corrected chi connectivity index (χ1v) is 5.80. The van der Waals surface area contributed by atoms with Gasteiger partial charge >= 0.3 is 0 Å². The number of nitrogens with zero attached hydrogens (tertiary/aromatic N) is 1. The highest BCUT2D eigenvalue weighted by atomic mass is 35.5. The molecule has 0 saturated carbocycles. The zero-order valence-electron chi connectivity index (χ0n) is 9.58. The summed E-state index contributed by atoms with van der Waals surface area (Å²) in [4.78, 5) is 13.8. The molecule has 1 fully saturated rings. The summed E-state index contributed by atoms with van der Waals surface area (Å²) >= 11 is 0. The molecule has 0 bridgehead atoms. The van der Waals surface area contributed by atoms with Gasteiger partial charge in [-0.15, -0.1) is 12.4 Å². The second-order valence-electron chi connectivity index (χ2n) is 4.13. The standard InChI is InChI=1S/C11H22N2O.ClH/c1-2-7-10(12)11(14)13-8-5-3-4-6-9-13;/h10H,2-9,12H2,1H3;1H. The van der Waals surface area contributed by atoms with Crippen LogP contribution in [0.1, 0.15) is 45.4 Å². The van der Waals surface area contributed by atoms with E-state index in [0.29, 0.717) is 0 Å². The van der Waals surface area contributed by atoms with Crippen molar-refractivity contribution in [1.82, 2.24) is 4.90 Å². The average Bonchev–Trinajstić information content (AvgIpc) is 2.45. The molecule has 2 N–H and O–H groups in total. The van der Waals surface area contributed by atoms with Gasteiger partial charge in [0.05, 0.1) is 6.04 Å². The summed E-state index contributed by atoms with van der Waals surface area (Å²) in [7, 11) is 0. The largest absolute Gasteiger partial charge is 0.341 e. The van der Waals surface area contributed by atoms with Crippen molar-refractivity contribution in [2.75, 3.05) is 13.1 Å². The van der Waals surface area contributed by atoms with Gasteiger partial charge in [-0.2, -0.15) is 0 Å². The van der Waals surface area contributed by atoms with Crippen LogP contribution in [0, 0.1) is 0 Å². The quantitative estimate of drug-likeness (QED) is 0.811. The van der Waals surface area contributed by atoms with Gasteiger partial charge in [0.15, 0.2) is 0 Å². The molecule has 3 nitrogen and oxygen atoms in total. The Morgan fingerprint density at radius 2 is 1.80 bits per heavy atom. The topological polar surface area (TPSA) is 46.3 Å². The molecule has 1 aliphatic heterocycles. The monoisotopic (exact) mass is 234 g/mol. The molecule has 0 aliphatic carbocycles. The normalized spacial score (nSPS) is 18.9. The molecule has 0 aromatic rings. The third-order valence-electron chi connectivity index (χ3n) is 2.83. The van der Waals surface area contributed by atoms with Crippen LogP contribution in [0.4, 0.5) is 0 Å². The fourth-order valence-corrected chi connectivity index (χ4v) is 1.96. The summed E-state index contributed by atoms with van der Waals surface area (Å²) < 4.78 is 0. The van der Waals surface area contributed by atoms with E-state index in [9.17, 15) is 4.79 Å². The van der Waals surface area contributed by atoms with E-state index in [1.807, 2.05) is 4.90 Å². The SMILES string of the molecule is CCCC(N)C(=O)N1CCCCCC1.Cl. The molecule has 0 radical (unpaired) electrons. The number of amides is 1. The summed E-state index contributed by atoms with van der Waals surface area (Å²) in [6.07, 6.45) is 6.60. The third kappa shape index (κ3) is 4.85. The molecule has 15 heavy (non-hydrogen) atoms. The van der Waals surface area contributed by atoms with Crippen LogP contribution in [0.15, 0.2) is 0 Å². The molecule has 1 saturated heterocycles. The average molecular weight is 235 g/mol. The van der Waals surface area contributed by atoms with Crippen LogP contribution >= 0.6 is 12.4 Å². The van der Waals surface area contributed by atoms with Crippen molar-refractivity contribution in [3.05, 3.63) is 0 Å². The lowest BCUT2D eigenvalue weighted by Gasteiger charge is -2.23. The zero-order valence-corrected chi connectivity index (χ0v) is 10.4. The van der Waals surface area contributed by atoms with E-state index in [0.717, 1.165) is 38.8 Å². The van der Waals surface area contributed by atoms with Gasteiger partial charge in [-0.1, -0.05) is 26.2 Å². The lowest BCUT2D eigenvalue weighted by atomic mass is 10.1. The predicted molar refractivity (Wildman–Crippen MR) is 65.2 cm³/mol. The van der Waals surface area contributed by atoms with E-state index < -0.39 is 0 Å². The fraction of sp³-hybridized carbons (Fsp3) is 0.909. The highest BCUT2D eigenvalue weighted by Crippen LogP contribution is 2.11. The number of rotatable bonds is 3. The van der Waals surface area contributed by atoms with Gasteiger partial charge in [0.25, 0.3) is 0 Å². The Hall–Kier alpha value is -0.280. The third-order valence-corrected chi connectivity index (χ3v) is 2.83. The van der Waals surface area contributed by atoms with E-state index in [-0.39, 0.29) is 24.4 Å². The van der Waals surface area contributed by atoms with Crippen LogP contribution in [-0.4, -0.2) is 29.9 Å². The van der Waals surface area contributed by atoms with Gasteiger partial charge in [0.2, 0.25) is 5.91 Å². The van der Waals surface area contributed by atoms with Crippen molar-refractivity contribution < 1.29 is 4.79 Å². The van der Waals surface area contributed by atoms with E-state index in [4.69, 9.17) is 5.73 Å². The molecular weight excluding hydrogens is 212 g/mol. The molecule has 1 aliphatic rings. The maximum Gasteiger partial charge on any atom is 0.239 e. The molecule has 0 spiro atoms. The molecule has 0 aromatic heterocycles. The van der Waals surface area contributed by atoms with Gasteiger partial charge in [-0.3, -0.25) is 4.79 Å². The Morgan fingerprint density at radius 1 is 1.27 bits per heavy atom. The lowest BCUT2D eigenvalue weighted by Crippen LogP contribution is -2.44. The van der Waals surface area contributed by atoms with E-state index >= 15 is 0 Å². The van der Waals surface area contributed by atoms with Crippen molar-refractivity contribution in [1.29, 1.82) is 0 Å². The minimum absolute atomic E-state index is 0. The molecule has 1 heterocycles. The Bertz CT molecular complexity index is 179. The summed E-state index contributed by atoms with van der Waals surface area (Å²) in [6.45, 7) is 3.89. The second-order valence-corrected chi connectivity index (χ2v) is 4.13. The molecule has 1 rings (SSSR count). The maximum absolute atomic E-state index is 11.8. The van der Waals surface area contributed by atoms with Crippen LogP contribution in [0.5, 0.6) is 0 Å². The van der Waals surface area contributed by atoms with Gasteiger partial charge in [0, 0.05) is 13.1 Å². The van der Waals surface area contributed by atoms with Crippen molar-refractivity contribution in [3.63, 3.8) is 0 Å². The van der Waals surface area contributed by atoms with E-state index in [1.54, 1.807) is 0 Å². The van der Waals surface area contributed by atoms with Gasteiger partial charge in [0.1, 0.15) is 0 Å². The number of hydrogen-bond acceptors (Lipinski definition) is 2. The smallest absolute Gasteiger partial charge is 0.239 e. The van der Waals surface area contributed by atoms with Crippen LogP contribution in [0.2, 0.25) is 0 Å². The zero-order chi connectivity index (χ0) is 10.4. The maximum atomic E-state index is 11.8. The molecule has 90 valence electrons. The van der Waals surface area contributed by atoms with Crippen LogP contribution in [0.25, 0.3) is 0 Å². The molecule has 1 atom stereocenters. The Morgan fingerprint density at radius 3 is 2.27 bits per heavy atom. The number of likely N-dealkylation sites (tertiary alicyclic amines) is 1. The molecule has 1 amide bonds. The molecule has 4 heteroatoms. The van der Waals surface area contributed by atoms with Gasteiger partial charge in [-0.25, -0.2) is 0 Å². The fourth-order valence-electron chi connectivity index (χ4n) is 1.96. The first-order valence-electron chi connectivity index (χ1n) is 5.80. The van der Waals surface area contributed by atoms with Crippen molar-refractivity contribution in [2.24, 2.45) is 5.73 Å². The molecule has 1 unspecified atom stereocenters. The number of nitrogens with two attached hydrogens (primary N) is 1. The molecule has 0 aromatic carbocycles. The van der Waals surface area contributed by atoms with Crippen LogP contribution in [-0.2, 0) is 4.79 Å². The summed E-state index contributed by atoms with van der Waals surface area (Å²) in [5, 5.41) is 0. The second kappa shape index (κ2) is 7.94. The van der Waals surface area contributed by atoms with Crippen molar-refractivity contribution >= 4 is 18.3 Å². The van der Waals surface area contributed by atoms with E-state index in [1.165, 1.54) is 12.8 Å². The predicted octanol–water partition coefficient (Wildman–Crippen LogP) is 1.94. The van der Waals surface area contributed by atoms with Crippen molar-refractivity contribution in [3.8, 4) is 0 Å². The summed E-state index contributed by atoms with van der Waals surface area (Å²) in [5.41, 5.74) is 5.82. The Kier molecular flexibility index (Phi) is 7.79. The lowest BCUT2D eigenvalue weighted by molar-refractivity contribution is -0.132. The highest BCUT2D eigenvalue weighted by Gasteiger charge is 2.20. The molecular formula is C11H23ClN2O. The van der Waals surface area contributed by atoms with E-state index in [2.05, 4.69) is 6.92 Å². The minimum Gasteiger partial charge on any atom is -0.341 e. The minimum atomic E-state index is -0.266. The summed E-state index contributed by atoms with van der Waals surface area (Å²) in [6, 6.07) is -0.266. The van der Waals surface area contributed by atoms with Crippen LogP contribution < -0.4 is 5.73 Å². The van der Waals surface area contributed by atoms with Crippen LogP contribution in [0.3, 0.4) is 0 Å². The first-order chi connectivity index (χ1) is 6.75. The first kappa shape index (κ1) is 14.7. The number of hydrogen-bond donors (Lipinski definition) is 1. The Labute approximate surface area is 98.8 Å².